The number of aromatic nitrogens is 1. The van der Waals surface area contributed by atoms with Gasteiger partial charge in [0.25, 0.3) is 0 Å². The quantitative estimate of drug-likeness (QED) is 0.186. The number of nitrogens with one attached hydrogen (secondary N) is 2. The van der Waals surface area contributed by atoms with Crippen LogP contribution in [0.3, 0.4) is 0 Å². The molecule has 4 aromatic rings. The molecule has 6 nitrogen and oxygen atoms in total. The monoisotopic (exact) mass is 382 g/mol. The van der Waals surface area contributed by atoms with Gasteiger partial charge in [-0.25, -0.2) is 10.8 Å². The maximum Gasteiger partial charge on any atom is 0.166 e. The predicted octanol–water partition coefficient (Wildman–Crippen LogP) is 3.93. The molecule has 0 aliphatic heterocycles. The molecule has 0 saturated heterocycles. The van der Waals surface area contributed by atoms with Gasteiger partial charge in [0.2, 0.25) is 0 Å². The summed E-state index contributed by atoms with van der Waals surface area (Å²) >= 11 is 7.76. The van der Waals surface area contributed by atoms with Crippen LogP contribution in [0.15, 0.2) is 59.0 Å². The van der Waals surface area contributed by atoms with Crippen molar-refractivity contribution < 1.29 is 0 Å². The first-order valence-electron chi connectivity index (χ1n) is 7.78. The molecule has 2 aromatic carbocycles. The summed E-state index contributed by atoms with van der Waals surface area (Å²) in [4.78, 5) is 4.80. The Bertz CT molecular complexity index is 1140. The van der Waals surface area contributed by atoms with Crippen LogP contribution in [0, 0.1) is 0 Å². The van der Waals surface area contributed by atoms with Gasteiger partial charge in [0, 0.05) is 31.7 Å². The number of thiophene rings is 1. The van der Waals surface area contributed by atoms with E-state index < -0.39 is 0 Å². The van der Waals surface area contributed by atoms with Crippen molar-refractivity contribution in [2.75, 3.05) is 5.32 Å². The summed E-state index contributed by atoms with van der Waals surface area (Å²) in [5.41, 5.74) is 4.95. The highest BCUT2D eigenvalue weighted by atomic mass is 35.5. The van der Waals surface area contributed by atoms with Gasteiger partial charge in [0.15, 0.2) is 5.84 Å². The minimum Gasteiger partial charge on any atom is -0.340 e. The Morgan fingerprint density at radius 2 is 2.00 bits per heavy atom. The number of fused-ring (bicyclic) bond motifs is 3. The molecular weight excluding hydrogens is 368 g/mol. The van der Waals surface area contributed by atoms with E-state index in [2.05, 4.69) is 27.3 Å². The zero-order chi connectivity index (χ0) is 18.1. The molecule has 26 heavy (non-hydrogen) atoms. The Morgan fingerprint density at radius 3 is 2.77 bits per heavy atom. The van der Waals surface area contributed by atoms with Crippen molar-refractivity contribution in [2.24, 2.45) is 16.8 Å². The van der Waals surface area contributed by atoms with E-state index in [1.807, 2.05) is 42.5 Å². The molecule has 0 radical (unpaired) electrons. The van der Waals surface area contributed by atoms with Gasteiger partial charge in [-0.05, 0) is 35.7 Å². The Labute approximate surface area is 158 Å². The Morgan fingerprint density at radius 1 is 1.12 bits per heavy atom. The van der Waals surface area contributed by atoms with Crippen LogP contribution < -0.4 is 22.4 Å². The molecule has 0 spiro atoms. The molecule has 130 valence electrons. The standard InChI is InChI=1S/C18H15ClN6S/c19-11-2-1-3-12(9-11)22-18-14-6-7-26-16(14)13-5-4-10(8-15(13)23-18)17(24-20)25-21/h1-9H,20-21H2,(H,22,23)(H,24,25). The molecule has 0 bridgehead atoms. The number of rotatable bonds is 3. The van der Waals surface area contributed by atoms with E-state index in [9.17, 15) is 0 Å². The first-order valence-corrected chi connectivity index (χ1v) is 9.04. The van der Waals surface area contributed by atoms with Crippen LogP contribution in [-0.4, -0.2) is 10.8 Å². The lowest BCUT2D eigenvalue weighted by molar-refractivity contribution is 1.00. The lowest BCUT2D eigenvalue weighted by atomic mass is 10.1. The molecule has 0 aliphatic carbocycles. The van der Waals surface area contributed by atoms with Gasteiger partial charge in [-0.15, -0.1) is 11.3 Å². The third-order valence-corrected chi connectivity index (χ3v) is 5.20. The molecule has 8 heteroatoms. The molecule has 0 amide bonds. The van der Waals surface area contributed by atoms with E-state index in [1.54, 1.807) is 11.3 Å². The molecule has 6 N–H and O–H groups in total. The Balaban J connectivity index is 1.89. The van der Waals surface area contributed by atoms with Crippen molar-refractivity contribution in [1.29, 1.82) is 0 Å². The van der Waals surface area contributed by atoms with Crippen molar-refractivity contribution in [2.45, 2.75) is 0 Å². The zero-order valence-electron chi connectivity index (χ0n) is 13.5. The molecule has 4 rings (SSSR count). The number of hydrazone groups is 1. The van der Waals surface area contributed by atoms with Crippen LogP contribution in [0.4, 0.5) is 11.5 Å². The second-order valence-corrected chi connectivity index (χ2v) is 6.97. The summed E-state index contributed by atoms with van der Waals surface area (Å²) in [6.07, 6.45) is 0. The summed E-state index contributed by atoms with van der Waals surface area (Å²) in [5, 5.41) is 11.9. The van der Waals surface area contributed by atoms with Gasteiger partial charge < -0.3 is 16.6 Å². The third kappa shape index (κ3) is 2.92. The number of anilines is 2. The molecule has 0 aliphatic rings. The zero-order valence-corrected chi connectivity index (χ0v) is 15.1. The number of nitrogens with two attached hydrogens (primary N) is 2. The van der Waals surface area contributed by atoms with Crippen molar-refractivity contribution in [3.63, 3.8) is 0 Å². The first kappa shape index (κ1) is 16.6. The van der Waals surface area contributed by atoms with Crippen LogP contribution in [0.25, 0.3) is 21.0 Å². The fraction of sp³-hybridized carbons (Fsp3) is 0. The highest BCUT2D eigenvalue weighted by Gasteiger charge is 2.12. The van der Waals surface area contributed by atoms with Crippen LogP contribution >= 0.6 is 22.9 Å². The highest BCUT2D eigenvalue weighted by Crippen LogP contribution is 2.35. The first-order chi connectivity index (χ1) is 12.7. The van der Waals surface area contributed by atoms with Crippen molar-refractivity contribution in [1.82, 2.24) is 10.4 Å². The van der Waals surface area contributed by atoms with E-state index in [4.69, 9.17) is 28.3 Å². The van der Waals surface area contributed by atoms with Gasteiger partial charge >= 0.3 is 0 Å². The molecule has 2 heterocycles. The van der Waals surface area contributed by atoms with Crippen molar-refractivity contribution >= 4 is 61.3 Å². The number of benzene rings is 2. The van der Waals surface area contributed by atoms with Gasteiger partial charge in [-0.3, -0.25) is 0 Å². The highest BCUT2D eigenvalue weighted by molar-refractivity contribution is 7.18. The Kier molecular flexibility index (Phi) is 4.34. The minimum atomic E-state index is 0.393. The molecular formula is C18H15ClN6S. The van der Waals surface area contributed by atoms with E-state index >= 15 is 0 Å². The number of hydrogen-bond donors (Lipinski definition) is 4. The molecule has 2 aromatic heterocycles. The summed E-state index contributed by atoms with van der Waals surface area (Å²) in [6, 6.07) is 15.4. The van der Waals surface area contributed by atoms with Crippen molar-refractivity contribution in [3.05, 3.63) is 64.5 Å². The van der Waals surface area contributed by atoms with E-state index in [0.29, 0.717) is 10.9 Å². The van der Waals surface area contributed by atoms with E-state index in [-0.39, 0.29) is 0 Å². The summed E-state index contributed by atoms with van der Waals surface area (Å²) in [7, 11) is 0. The second kappa shape index (κ2) is 6.80. The smallest absolute Gasteiger partial charge is 0.166 e. The molecule has 0 unspecified atom stereocenters. The average molecular weight is 383 g/mol. The summed E-state index contributed by atoms with van der Waals surface area (Å²) in [5.74, 6) is 12.0. The number of hydrazine groups is 1. The summed E-state index contributed by atoms with van der Waals surface area (Å²) in [6.45, 7) is 0. The second-order valence-electron chi connectivity index (χ2n) is 5.61. The number of pyridine rings is 1. The van der Waals surface area contributed by atoms with Crippen LogP contribution in [0.2, 0.25) is 5.02 Å². The van der Waals surface area contributed by atoms with Gasteiger partial charge in [-0.2, -0.15) is 5.10 Å². The van der Waals surface area contributed by atoms with Gasteiger partial charge in [0.1, 0.15) is 5.82 Å². The van der Waals surface area contributed by atoms with Crippen molar-refractivity contribution in [3.8, 4) is 0 Å². The number of halogens is 1. The topological polar surface area (TPSA) is 101 Å². The maximum absolute atomic E-state index is 6.09. The average Bonchev–Trinajstić information content (AvgIpc) is 3.13. The summed E-state index contributed by atoms with van der Waals surface area (Å²) < 4.78 is 1.15. The minimum absolute atomic E-state index is 0.393. The van der Waals surface area contributed by atoms with Gasteiger partial charge in [-0.1, -0.05) is 29.8 Å². The lowest BCUT2D eigenvalue weighted by Crippen LogP contribution is -2.32. The number of nitrogens with zero attached hydrogens (tertiary/aromatic N) is 2. The lowest BCUT2D eigenvalue weighted by Gasteiger charge is -2.11. The van der Waals surface area contributed by atoms with E-state index in [1.165, 1.54) is 0 Å². The van der Waals surface area contributed by atoms with E-state index in [0.717, 1.165) is 38.1 Å². The largest absolute Gasteiger partial charge is 0.340 e. The molecule has 0 saturated carbocycles. The number of hydrogen-bond acceptors (Lipinski definition) is 6. The van der Waals surface area contributed by atoms with Crippen LogP contribution in [0.1, 0.15) is 5.56 Å². The molecule has 0 atom stereocenters. The fourth-order valence-corrected chi connectivity index (χ4v) is 3.96. The van der Waals surface area contributed by atoms with Crippen LogP contribution in [0.5, 0.6) is 0 Å². The fourth-order valence-electron chi connectivity index (χ4n) is 2.84. The number of amidine groups is 1. The van der Waals surface area contributed by atoms with Gasteiger partial charge in [0.05, 0.1) is 5.52 Å². The molecule has 0 fully saturated rings. The predicted molar refractivity (Wildman–Crippen MR) is 110 cm³/mol. The van der Waals surface area contributed by atoms with Crippen LogP contribution in [-0.2, 0) is 0 Å². The third-order valence-electron chi connectivity index (χ3n) is 4.02. The maximum atomic E-state index is 6.09. The SMILES string of the molecule is N/N=C(\NN)c1ccc2c(c1)nc(Nc1cccc(Cl)c1)c1ccsc12. The normalized spacial score (nSPS) is 11.8. The Hall–Kier alpha value is -2.87.